The molecule has 0 saturated carbocycles. The van der Waals surface area contributed by atoms with Gasteiger partial charge in [-0.3, -0.25) is 14.6 Å². The molecule has 2 saturated heterocycles. The number of carbonyl (C=O) groups excluding carboxylic acids is 2. The Labute approximate surface area is 169 Å². The standard InChI is InChI=1S/C22H23N3O4/c26-20(12-16-4-5-18-19(11-16)29-15-28-18)25-10-7-22(14-25)6-9-24(21(22)27)13-17-3-1-2-8-23-17/h1-5,8,11H,6-7,9-10,12-15H2. The van der Waals surface area contributed by atoms with E-state index in [9.17, 15) is 9.59 Å². The number of pyridine rings is 1. The van der Waals surface area contributed by atoms with Gasteiger partial charge in [-0.1, -0.05) is 12.1 Å². The van der Waals surface area contributed by atoms with Gasteiger partial charge >= 0.3 is 0 Å². The highest BCUT2D eigenvalue weighted by molar-refractivity contribution is 5.87. The molecule has 0 N–H and O–H groups in total. The van der Waals surface area contributed by atoms with E-state index in [1.54, 1.807) is 6.20 Å². The minimum Gasteiger partial charge on any atom is -0.454 e. The summed E-state index contributed by atoms with van der Waals surface area (Å²) in [6.45, 7) is 2.62. The molecule has 0 aliphatic carbocycles. The van der Waals surface area contributed by atoms with Gasteiger partial charge in [0.1, 0.15) is 0 Å². The summed E-state index contributed by atoms with van der Waals surface area (Å²) in [6.07, 6.45) is 3.58. The average molecular weight is 393 g/mol. The summed E-state index contributed by atoms with van der Waals surface area (Å²) in [7, 11) is 0. The van der Waals surface area contributed by atoms with Crippen LogP contribution < -0.4 is 9.47 Å². The molecule has 7 nitrogen and oxygen atoms in total. The van der Waals surface area contributed by atoms with Crippen molar-refractivity contribution in [3.05, 3.63) is 53.9 Å². The second-order valence-electron chi connectivity index (χ2n) is 8.01. The van der Waals surface area contributed by atoms with Gasteiger partial charge in [0.25, 0.3) is 0 Å². The molecule has 2 amide bonds. The average Bonchev–Trinajstić information content (AvgIpc) is 3.45. The van der Waals surface area contributed by atoms with Gasteiger partial charge in [-0.2, -0.15) is 0 Å². The predicted octanol–water partition coefficient (Wildman–Crippen LogP) is 2.00. The van der Waals surface area contributed by atoms with Crippen molar-refractivity contribution in [1.82, 2.24) is 14.8 Å². The molecule has 1 spiro atoms. The lowest BCUT2D eigenvalue weighted by atomic mass is 9.85. The molecule has 1 unspecified atom stereocenters. The zero-order chi connectivity index (χ0) is 19.8. The molecular weight excluding hydrogens is 370 g/mol. The smallest absolute Gasteiger partial charge is 0.231 e. The number of aromatic nitrogens is 1. The third-order valence-corrected chi connectivity index (χ3v) is 6.18. The van der Waals surface area contributed by atoms with E-state index in [1.165, 1.54) is 0 Å². The quantitative estimate of drug-likeness (QED) is 0.795. The summed E-state index contributed by atoms with van der Waals surface area (Å²) in [6, 6.07) is 11.3. The monoisotopic (exact) mass is 393 g/mol. The number of nitrogens with zero attached hydrogens (tertiary/aromatic N) is 3. The summed E-state index contributed by atoms with van der Waals surface area (Å²) < 4.78 is 10.7. The Bertz CT molecular complexity index is 948. The highest BCUT2D eigenvalue weighted by atomic mass is 16.7. The van der Waals surface area contributed by atoms with Gasteiger partial charge in [0.2, 0.25) is 18.6 Å². The molecule has 4 heterocycles. The summed E-state index contributed by atoms with van der Waals surface area (Å²) in [5.74, 6) is 1.61. The molecule has 150 valence electrons. The molecule has 3 aliphatic rings. The third kappa shape index (κ3) is 3.30. The maximum Gasteiger partial charge on any atom is 0.231 e. The van der Waals surface area contributed by atoms with Crippen molar-refractivity contribution in [2.24, 2.45) is 5.41 Å². The van der Waals surface area contributed by atoms with Gasteiger partial charge in [0, 0.05) is 25.8 Å². The second-order valence-corrected chi connectivity index (χ2v) is 8.01. The van der Waals surface area contributed by atoms with Crippen molar-refractivity contribution >= 4 is 11.8 Å². The maximum absolute atomic E-state index is 13.1. The van der Waals surface area contributed by atoms with Gasteiger partial charge in [-0.25, -0.2) is 0 Å². The first-order valence-corrected chi connectivity index (χ1v) is 9.99. The fourth-order valence-electron chi connectivity index (χ4n) is 4.53. The number of carbonyl (C=O) groups is 2. The highest BCUT2D eigenvalue weighted by Crippen LogP contribution is 2.41. The number of rotatable bonds is 4. The van der Waals surface area contributed by atoms with Crippen LogP contribution in [0.5, 0.6) is 11.5 Å². The normalized spacial score (nSPS) is 22.7. The van der Waals surface area contributed by atoms with Crippen LogP contribution in [0.1, 0.15) is 24.1 Å². The number of likely N-dealkylation sites (tertiary alicyclic amines) is 2. The first-order valence-electron chi connectivity index (χ1n) is 9.99. The molecule has 29 heavy (non-hydrogen) atoms. The van der Waals surface area contributed by atoms with Crippen LogP contribution in [0, 0.1) is 5.41 Å². The predicted molar refractivity (Wildman–Crippen MR) is 104 cm³/mol. The summed E-state index contributed by atoms with van der Waals surface area (Å²) in [5, 5.41) is 0. The molecule has 7 heteroatoms. The van der Waals surface area contributed by atoms with Gasteiger partial charge in [0.15, 0.2) is 11.5 Å². The minimum absolute atomic E-state index is 0.0525. The van der Waals surface area contributed by atoms with Gasteiger partial charge in [-0.05, 0) is 42.7 Å². The number of benzene rings is 1. The molecule has 1 aromatic carbocycles. The minimum atomic E-state index is -0.431. The zero-order valence-electron chi connectivity index (χ0n) is 16.2. The number of hydrogen-bond acceptors (Lipinski definition) is 5. The van der Waals surface area contributed by atoms with Crippen LogP contribution in [0.4, 0.5) is 0 Å². The Morgan fingerprint density at radius 2 is 1.97 bits per heavy atom. The highest BCUT2D eigenvalue weighted by Gasteiger charge is 2.51. The number of hydrogen-bond donors (Lipinski definition) is 0. The van der Waals surface area contributed by atoms with Crippen molar-refractivity contribution in [3.8, 4) is 11.5 Å². The molecule has 2 fully saturated rings. The number of amides is 2. The van der Waals surface area contributed by atoms with Crippen molar-refractivity contribution < 1.29 is 19.1 Å². The zero-order valence-corrected chi connectivity index (χ0v) is 16.2. The SMILES string of the molecule is O=C(Cc1ccc2c(c1)OCO2)N1CCC2(CCN(Cc3ccccn3)C2=O)C1. The van der Waals surface area contributed by atoms with E-state index in [-0.39, 0.29) is 18.6 Å². The molecule has 5 rings (SSSR count). The van der Waals surface area contributed by atoms with Crippen molar-refractivity contribution in [3.63, 3.8) is 0 Å². The van der Waals surface area contributed by atoms with E-state index in [0.717, 1.165) is 30.6 Å². The van der Waals surface area contributed by atoms with Gasteiger partial charge in [-0.15, -0.1) is 0 Å². The van der Waals surface area contributed by atoms with Crippen LogP contribution >= 0.6 is 0 Å². The van der Waals surface area contributed by atoms with Crippen LogP contribution in [-0.2, 0) is 22.6 Å². The Balaban J connectivity index is 1.22. The molecule has 1 atom stereocenters. The van der Waals surface area contributed by atoms with E-state index in [4.69, 9.17) is 9.47 Å². The first kappa shape index (κ1) is 18.0. The molecule has 0 bridgehead atoms. The van der Waals surface area contributed by atoms with E-state index < -0.39 is 5.41 Å². The number of fused-ring (bicyclic) bond motifs is 1. The fourth-order valence-corrected chi connectivity index (χ4v) is 4.53. The largest absolute Gasteiger partial charge is 0.454 e. The molecule has 0 radical (unpaired) electrons. The second kappa shape index (κ2) is 7.06. The Hall–Kier alpha value is -3.09. The first-order chi connectivity index (χ1) is 14.1. The van der Waals surface area contributed by atoms with E-state index in [2.05, 4.69) is 4.98 Å². The van der Waals surface area contributed by atoms with E-state index in [1.807, 2.05) is 46.2 Å². The maximum atomic E-state index is 13.1. The summed E-state index contributed by atoms with van der Waals surface area (Å²) in [5.41, 5.74) is 1.36. The van der Waals surface area contributed by atoms with Gasteiger partial charge < -0.3 is 19.3 Å². The summed E-state index contributed by atoms with van der Waals surface area (Å²) >= 11 is 0. The van der Waals surface area contributed by atoms with E-state index in [0.29, 0.717) is 37.6 Å². The Kier molecular flexibility index (Phi) is 4.38. The van der Waals surface area contributed by atoms with Gasteiger partial charge in [0.05, 0.1) is 24.1 Å². The molecule has 2 aromatic rings. The Morgan fingerprint density at radius 3 is 2.83 bits per heavy atom. The lowest BCUT2D eigenvalue weighted by molar-refractivity contribution is -0.136. The Morgan fingerprint density at radius 1 is 1.10 bits per heavy atom. The molecule has 1 aromatic heterocycles. The van der Waals surface area contributed by atoms with Crippen LogP contribution in [0.25, 0.3) is 0 Å². The van der Waals surface area contributed by atoms with E-state index >= 15 is 0 Å². The van der Waals surface area contributed by atoms with Crippen LogP contribution in [-0.4, -0.2) is 53.0 Å². The van der Waals surface area contributed by atoms with Crippen molar-refractivity contribution in [2.75, 3.05) is 26.4 Å². The third-order valence-electron chi connectivity index (χ3n) is 6.18. The van der Waals surface area contributed by atoms with Crippen LogP contribution in [0.15, 0.2) is 42.6 Å². The lowest BCUT2D eigenvalue weighted by Crippen LogP contribution is -2.38. The summed E-state index contributed by atoms with van der Waals surface area (Å²) in [4.78, 5) is 34.0. The number of ether oxygens (including phenoxy) is 2. The van der Waals surface area contributed by atoms with Crippen LogP contribution in [0.3, 0.4) is 0 Å². The van der Waals surface area contributed by atoms with Crippen LogP contribution in [0.2, 0.25) is 0 Å². The van der Waals surface area contributed by atoms with Crippen molar-refractivity contribution in [2.45, 2.75) is 25.8 Å². The fraction of sp³-hybridized carbons (Fsp3) is 0.409. The molecular formula is C22H23N3O4. The molecule has 3 aliphatic heterocycles. The lowest BCUT2D eigenvalue weighted by Gasteiger charge is -2.23. The topological polar surface area (TPSA) is 72.0 Å². The van der Waals surface area contributed by atoms with Crippen molar-refractivity contribution in [1.29, 1.82) is 0 Å².